The normalized spacial score (nSPS) is 15.3. The molecular weight excluding hydrogens is 584 g/mol. The minimum Gasteiger partial charge on any atom is -0.505 e. The van der Waals surface area contributed by atoms with Crippen molar-refractivity contribution in [3.8, 4) is 0 Å². The van der Waals surface area contributed by atoms with Gasteiger partial charge in [0.05, 0.1) is 0 Å². The van der Waals surface area contributed by atoms with Gasteiger partial charge in [-0.15, -0.1) is 0 Å². The van der Waals surface area contributed by atoms with Crippen LogP contribution in [0.15, 0.2) is 11.5 Å². The van der Waals surface area contributed by atoms with Gasteiger partial charge in [0.25, 0.3) is 0 Å². The lowest BCUT2D eigenvalue weighted by Gasteiger charge is -2.22. The Labute approximate surface area is 280 Å². The summed E-state index contributed by atoms with van der Waals surface area (Å²) in [6.45, 7) is 4.12. The maximum atomic E-state index is 12.6. The quantitative estimate of drug-likeness (QED) is 0.0418. The minimum absolute atomic E-state index is 0.179. The maximum Gasteiger partial charge on any atom is 0.378 e. The molecular formula is C38H68O8. The summed E-state index contributed by atoms with van der Waals surface area (Å²) in [4.78, 5) is 36.7. The van der Waals surface area contributed by atoms with Crippen LogP contribution in [0.4, 0.5) is 0 Å². The number of cyclic esters (lactones) is 1. The molecule has 1 heterocycles. The smallest absolute Gasteiger partial charge is 0.378 e. The Bertz CT molecular complexity index is 824. The van der Waals surface area contributed by atoms with Crippen molar-refractivity contribution in [2.45, 2.75) is 206 Å². The molecule has 46 heavy (non-hydrogen) atoms. The summed E-state index contributed by atoms with van der Waals surface area (Å²) in [6, 6.07) is 0. The van der Waals surface area contributed by atoms with Crippen molar-refractivity contribution >= 4 is 17.9 Å². The molecule has 2 N–H and O–H groups in total. The van der Waals surface area contributed by atoms with Gasteiger partial charge in [0, 0.05) is 12.8 Å². The molecule has 8 heteroatoms. The second-order valence-electron chi connectivity index (χ2n) is 13.3. The minimum atomic E-state index is -1.40. The molecule has 8 nitrogen and oxygen atoms in total. The van der Waals surface area contributed by atoms with Gasteiger partial charge >= 0.3 is 17.9 Å². The number of rotatable bonds is 32. The first-order valence-corrected chi connectivity index (χ1v) is 19.1. The summed E-state index contributed by atoms with van der Waals surface area (Å²) in [5, 5.41) is 19.9. The summed E-state index contributed by atoms with van der Waals surface area (Å²) in [5.41, 5.74) is 0. The van der Waals surface area contributed by atoms with E-state index in [1.165, 1.54) is 122 Å². The fraction of sp³-hybridized carbons (Fsp3) is 0.868. The molecule has 0 fully saturated rings. The van der Waals surface area contributed by atoms with Crippen LogP contribution >= 0.6 is 0 Å². The molecule has 0 bridgehead atoms. The topological polar surface area (TPSA) is 119 Å². The summed E-state index contributed by atoms with van der Waals surface area (Å²) in [5.74, 6) is -3.68. The number of unbranched alkanes of at least 4 members (excludes halogenated alkanes) is 24. The first kappa shape index (κ1) is 41.8. The standard InChI is InChI=1S/C38H68O8/c1-3-5-7-9-11-13-15-17-19-21-23-25-27-29-33(39)44-31-32(37-35(41)36(42)38(43)46-37)45-34(40)30-28-26-24-22-20-18-16-14-12-10-8-6-4-2/h32,37,41-42H,3-31H2,1-2H3/t32-,37-/m1/s1. The Balaban J connectivity index is 2.22. The van der Waals surface area contributed by atoms with Crippen molar-refractivity contribution in [3.05, 3.63) is 11.5 Å². The van der Waals surface area contributed by atoms with Gasteiger partial charge in [0.1, 0.15) is 6.61 Å². The van der Waals surface area contributed by atoms with Crippen molar-refractivity contribution in [1.82, 2.24) is 0 Å². The van der Waals surface area contributed by atoms with Crippen LogP contribution in [0, 0.1) is 0 Å². The van der Waals surface area contributed by atoms with Crippen molar-refractivity contribution in [3.63, 3.8) is 0 Å². The highest BCUT2D eigenvalue weighted by atomic mass is 16.6. The lowest BCUT2D eigenvalue weighted by Crippen LogP contribution is -2.38. The Hall–Kier alpha value is -2.25. The molecule has 1 aliphatic heterocycles. The van der Waals surface area contributed by atoms with Crippen LogP contribution in [-0.2, 0) is 28.6 Å². The first-order chi connectivity index (χ1) is 22.4. The predicted octanol–water partition coefficient (Wildman–Crippen LogP) is 10.7. The molecule has 0 unspecified atom stereocenters. The van der Waals surface area contributed by atoms with E-state index in [4.69, 9.17) is 14.2 Å². The third-order valence-electron chi connectivity index (χ3n) is 8.94. The molecule has 268 valence electrons. The third kappa shape index (κ3) is 21.5. The first-order valence-electron chi connectivity index (χ1n) is 19.1. The van der Waals surface area contributed by atoms with Gasteiger partial charge in [-0.2, -0.15) is 0 Å². The van der Waals surface area contributed by atoms with E-state index in [0.717, 1.165) is 32.1 Å². The highest BCUT2D eigenvalue weighted by Gasteiger charge is 2.42. The molecule has 0 amide bonds. The molecule has 1 aliphatic rings. The van der Waals surface area contributed by atoms with Gasteiger partial charge in [-0.3, -0.25) is 9.59 Å². The lowest BCUT2D eigenvalue weighted by atomic mass is 10.0. The zero-order chi connectivity index (χ0) is 33.7. The fourth-order valence-corrected chi connectivity index (χ4v) is 5.95. The Kier molecular flexibility index (Phi) is 26.3. The van der Waals surface area contributed by atoms with Crippen molar-refractivity contribution in [2.75, 3.05) is 6.61 Å². The van der Waals surface area contributed by atoms with E-state index in [0.29, 0.717) is 12.8 Å². The lowest BCUT2D eigenvalue weighted by molar-refractivity contribution is -0.171. The number of carbonyl (C=O) groups is 3. The SMILES string of the molecule is CCCCCCCCCCCCCCCC(=O)OC[C@@H](OC(=O)CCCCCCCCCCCCCCC)[C@H]1OC(=O)C(O)=C1O. The molecule has 0 aliphatic carbocycles. The summed E-state index contributed by atoms with van der Waals surface area (Å²) < 4.78 is 15.8. The van der Waals surface area contributed by atoms with E-state index >= 15 is 0 Å². The van der Waals surface area contributed by atoms with Gasteiger partial charge in [-0.1, -0.05) is 168 Å². The zero-order valence-electron chi connectivity index (χ0n) is 29.5. The van der Waals surface area contributed by atoms with Crippen molar-refractivity contribution in [1.29, 1.82) is 0 Å². The van der Waals surface area contributed by atoms with Gasteiger partial charge in [-0.25, -0.2) is 4.79 Å². The zero-order valence-corrected chi connectivity index (χ0v) is 29.5. The second-order valence-corrected chi connectivity index (χ2v) is 13.3. The van der Waals surface area contributed by atoms with E-state index in [-0.39, 0.29) is 19.4 Å². The highest BCUT2D eigenvalue weighted by Crippen LogP contribution is 2.24. The van der Waals surface area contributed by atoms with Crippen LogP contribution in [0.25, 0.3) is 0 Å². The average molecular weight is 653 g/mol. The van der Waals surface area contributed by atoms with E-state index < -0.39 is 41.6 Å². The van der Waals surface area contributed by atoms with Crippen LogP contribution in [0.3, 0.4) is 0 Å². The number of aliphatic hydroxyl groups is 2. The number of esters is 3. The highest BCUT2D eigenvalue weighted by molar-refractivity contribution is 5.89. The van der Waals surface area contributed by atoms with E-state index in [1.807, 2.05) is 0 Å². The second kappa shape index (κ2) is 28.9. The molecule has 2 atom stereocenters. The van der Waals surface area contributed by atoms with Crippen LogP contribution in [0.1, 0.15) is 194 Å². The van der Waals surface area contributed by atoms with E-state index in [1.54, 1.807) is 0 Å². The molecule has 0 saturated carbocycles. The van der Waals surface area contributed by atoms with Crippen molar-refractivity contribution in [2.24, 2.45) is 0 Å². The summed E-state index contributed by atoms with van der Waals surface area (Å²) in [7, 11) is 0. The number of hydrogen-bond donors (Lipinski definition) is 2. The van der Waals surface area contributed by atoms with Gasteiger partial charge in [0.15, 0.2) is 11.9 Å². The van der Waals surface area contributed by atoms with Gasteiger partial charge < -0.3 is 24.4 Å². The molecule has 0 spiro atoms. The Morgan fingerprint density at radius 3 is 1.28 bits per heavy atom. The van der Waals surface area contributed by atoms with Crippen molar-refractivity contribution < 1.29 is 38.8 Å². The van der Waals surface area contributed by atoms with Crippen LogP contribution in [-0.4, -0.2) is 46.9 Å². The van der Waals surface area contributed by atoms with Gasteiger partial charge in [-0.05, 0) is 12.8 Å². The maximum absolute atomic E-state index is 12.6. The molecule has 0 radical (unpaired) electrons. The molecule has 0 aromatic carbocycles. The third-order valence-corrected chi connectivity index (χ3v) is 8.94. The molecule has 0 saturated heterocycles. The Morgan fingerprint density at radius 1 is 0.587 bits per heavy atom. The average Bonchev–Trinajstić information content (AvgIpc) is 3.30. The largest absolute Gasteiger partial charge is 0.505 e. The monoisotopic (exact) mass is 652 g/mol. The number of aliphatic hydroxyl groups excluding tert-OH is 2. The van der Waals surface area contributed by atoms with E-state index in [2.05, 4.69) is 13.8 Å². The van der Waals surface area contributed by atoms with Crippen LogP contribution in [0.5, 0.6) is 0 Å². The summed E-state index contributed by atoms with van der Waals surface area (Å²) >= 11 is 0. The van der Waals surface area contributed by atoms with Gasteiger partial charge in [0.2, 0.25) is 11.9 Å². The molecule has 1 rings (SSSR count). The number of carbonyl (C=O) groups excluding carboxylic acids is 3. The molecule has 0 aromatic rings. The Morgan fingerprint density at radius 2 is 0.935 bits per heavy atom. The van der Waals surface area contributed by atoms with E-state index in [9.17, 15) is 24.6 Å². The predicted molar refractivity (Wildman–Crippen MR) is 184 cm³/mol. The number of hydrogen-bond acceptors (Lipinski definition) is 8. The number of ether oxygens (including phenoxy) is 3. The fourth-order valence-electron chi connectivity index (χ4n) is 5.95. The summed E-state index contributed by atoms with van der Waals surface area (Å²) in [6.07, 6.45) is 29.1. The van der Waals surface area contributed by atoms with Crippen LogP contribution in [0.2, 0.25) is 0 Å². The van der Waals surface area contributed by atoms with Crippen LogP contribution < -0.4 is 0 Å². The molecule has 0 aromatic heterocycles.